The second-order valence-corrected chi connectivity index (χ2v) is 7.36. The number of nitrogens with zero attached hydrogens (tertiary/aromatic N) is 4. The van der Waals surface area contributed by atoms with Crippen LogP contribution in [0.5, 0.6) is 0 Å². The van der Waals surface area contributed by atoms with E-state index in [4.69, 9.17) is 0 Å². The molecular formula is C20H25N5O2. The van der Waals surface area contributed by atoms with Crippen LogP contribution in [0.2, 0.25) is 0 Å². The predicted molar refractivity (Wildman–Crippen MR) is 106 cm³/mol. The van der Waals surface area contributed by atoms with Gasteiger partial charge >= 0.3 is 0 Å². The van der Waals surface area contributed by atoms with Crippen LogP contribution in [0, 0.1) is 6.92 Å². The second-order valence-electron chi connectivity index (χ2n) is 7.36. The van der Waals surface area contributed by atoms with Crippen LogP contribution in [0.15, 0.2) is 30.3 Å². The van der Waals surface area contributed by atoms with Crippen molar-refractivity contribution in [3.8, 4) is 0 Å². The summed E-state index contributed by atoms with van der Waals surface area (Å²) in [4.78, 5) is 32.3. The fraction of sp³-hybridized carbons (Fsp3) is 0.400. The van der Waals surface area contributed by atoms with Crippen LogP contribution < -0.4 is 10.2 Å². The first-order chi connectivity index (χ1) is 13.0. The summed E-state index contributed by atoms with van der Waals surface area (Å²) in [5.74, 6) is -0.210. The van der Waals surface area contributed by atoms with Crippen molar-refractivity contribution in [2.75, 3.05) is 50.0 Å². The molecule has 0 aliphatic carbocycles. The first-order valence-electron chi connectivity index (χ1n) is 9.26. The molecule has 0 saturated carbocycles. The number of rotatable bonds is 2. The number of aryl methyl sites for hydroxylation is 1. The molecule has 2 amide bonds. The molecule has 4 rings (SSSR count). The standard InChI is InChI=1S/C20H25N5O2/c1-14-12-17-19(23(14)3)20(27)21-15-6-4-5-7-16(15)25(17)18(26)13-24-10-8-22(2)9-11-24/h4-7,12H,8-11,13H2,1-3H3,(H,21,27). The van der Waals surface area contributed by atoms with Crippen LogP contribution >= 0.6 is 0 Å². The molecule has 2 aliphatic rings. The number of anilines is 3. The second kappa shape index (κ2) is 6.83. The van der Waals surface area contributed by atoms with Gasteiger partial charge in [0.15, 0.2) is 0 Å². The maximum atomic E-state index is 13.4. The highest BCUT2D eigenvalue weighted by molar-refractivity contribution is 6.17. The zero-order valence-electron chi connectivity index (χ0n) is 16.0. The van der Waals surface area contributed by atoms with Gasteiger partial charge in [0.05, 0.1) is 23.6 Å². The smallest absolute Gasteiger partial charge is 0.274 e. The number of hydrogen-bond donors (Lipinski definition) is 1. The van der Waals surface area contributed by atoms with E-state index in [2.05, 4.69) is 22.2 Å². The molecule has 1 fully saturated rings. The molecule has 0 radical (unpaired) electrons. The highest BCUT2D eigenvalue weighted by Gasteiger charge is 2.33. The summed E-state index contributed by atoms with van der Waals surface area (Å²) >= 11 is 0. The van der Waals surface area contributed by atoms with E-state index >= 15 is 0 Å². The molecule has 1 N–H and O–H groups in total. The van der Waals surface area contributed by atoms with Crippen molar-refractivity contribution >= 4 is 28.9 Å². The van der Waals surface area contributed by atoms with Crippen LogP contribution in [0.25, 0.3) is 0 Å². The van der Waals surface area contributed by atoms with E-state index in [9.17, 15) is 9.59 Å². The lowest BCUT2D eigenvalue weighted by atomic mass is 10.2. The van der Waals surface area contributed by atoms with Gasteiger partial charge in [-0.15, -0.1) is 0 Å². The molecule has 0 atom stereocenters. The van der Waals surface area contributed by atoms with Crippen molar-refractivity contribution in [3.63, 3.8) is 0 Å². The van der Waals surface area contributed by atoms with E-state index in [1.807, 2.05) is 48.9 Å². The Hall–Kier alpha value is -2.64. The maximum absolute atomic E-state index is 13.4. The van der Waals surface area contributed by atoms with Gasteiger partial charge in [-0.05, 0) is 32.2 Å². The zero-order valence-corrected chi connectivity index (χ0v) is 16.0. The number of likely N-dealkylation sites (N-methyl/N-ethyl adjacent to an activating group) is 1. The fourth-order valence-electron chi connectivity index (χ4n) is 3.77. The molecule has 1 aromatic heterocycles. The Morgan fingerprint density at radius 2 is 1.78 bits per heavy atom. The minimum absolute atomic E-state index is 0.0182. The number of nitrogens with one attached hydrogen (secondary N) is 1. The van der Waals surface area contributed by atoms with E-state index < -0.39 is 0 Å². The van der Waals surface area contributed by atoms with Crippen molar-refractivity contribution in [2.24, 2.45) is 7.05 Å². The van der Waals surface area contributed by atoms with Crippen molar-refractivity contribution in [1.82, 2.24) is 14.4 Å². The van der Waals surface area contributed by atoms with Crippen molar-refractivity contribution in [3.05, 3.63) is 41.7 Å². The molecule has 7 heteroatoms. The minimum Gasteiger partial charge on any atom is -0.342 e. The number of aromatic nitrogens is 1. The summed E-state index contributed by atoms with van der Waals surface area (Å²) in [6.45, 7) is 5.94. The minimum atomic E-state index is -0.192. The zero-order chi connectivity index (χ0) is 19.1. The van der Waals surface area contributed by atoms with E-state index in [1.54, 1.807) is 4.90 Å². The first-order valence-corrected chi connectivity index (χ1v) is 9.26. The molecule has 27 heavy (non-hydrogen) atoms. The lowest BCUT2D eigenvalue weighted by Gasteiger charge is -2.33. The quantitative estimate of drug-likeness (QED) is 0.880. The number of para-hydroxylation sites is 2. The Morgan fingerprint density at radius 3 is 2.52 bits per heavy atom. The van der Waals surface area contributed by atoms with Crippen LogP contribution in [-0.2, 0) is 11.8 Å². The Kier molecular flexibility index (Phi) is 4.49. The van der Waals surface area contributed by atoms with Gasteiger partial charge in [0.1, 0.15) is 5.69 Å². The highest BCUT2D eigenvalue weighted by Crippen LogP contribution is 2.39. The van der Waals surface area contributed by atoms with Gasteiger partial charge in [-0.2, -0.15) is 0 Å². The van der Waals surface area contributed by atoms with E-state index in [0.29, 0.717) is 29.3 Å². The lowest BCUT2D eigenvalue weighted by molar-refractivity contribution is -0.119. The molecular weight excluding hydrogens is 342 g/mol. The molecule has 0 bridgehead atoms. The SMILES string of the molecule is Cc1cc2c(n1C)C(=O)Nc1ccccc1N2C(=O)CN1CCN(C)CC1. The summed E-state index contributed by atoms with van der Waals surface area (Å²) in [7, 11) is 3.95. The van der Waals surface area contributed by atoms with Crippen LogP contribution in [0.1, 0.15) is 16.2 Å². The fourth-order valence-corrected chi connectivity index (χ4v) is 3.77. The van der Waals surface area contributed by atoms with Crippen LogP contribution in [0.3, 0.4) is 0 Å². The lowest BCUT2D eigenvalue weighted by Crippen LogP contribution is -2.48. The van der Waals surface area contributed by atoms with E-state index in [-0.39, 0.29) is 11.8 Å². The predicted octanol–water partition coefficient (Wildman–Crippen LogP) is 1.81. The average Bonchev–Trinajstić information content (AvgIpc) is 2.86. The molecule has 0 unspecified atom stereocenters. The molecule has 1 aromatic carbocycles. The normalized spacial score (nSPS) is 17.9. The number of amides is 2. The first kappa shape index (κ1) is 17.8. The molecule has 142 valence electrons. The van der Waals surface area contributed by atoms with Crippen molar-refractivity contribution in [2.45, 2.75) is 6.92 Å². The van der Waals surface area contributed by atoms with Gasteiger partial charge in [-0.25, -0.2) is 0 Å². The monoisotopic (exact) mass is 367 g/mol. The number of carbonyl (C=O) groups is 2. The number of piperazine rings is 1. The highest BCUT2D eigenvalue weighted by atomic mass is 16.2. The van der Waals surface area contributed by atoms with Gasteiger partial charge in [0, 0.05) is 38.9 Å². The third-order valence-electron chi connectivity index (χ3n) is 5.51. The van der Waals surface area contributed by atoms with Crippen molar-refractivity contribution < 1.29 is 9.59 Å². The maximum Gasteiger partial charge on any atom is 0.274 e. The number of fused-ring (bicyclic) bond motifs is 2. The summed E-state index contributed by atoms with van der Waals surface area (Å²) in [5.41, 5.74) is 3.47. The molecule has 0 spiro atoms. The molecule has 2 aromatic rings. The summed E-state index contributed by atoms with van der Waals surface area (Å²) < 4.78 is 1.84. The van der Waals surface area contributed by atoms with Gasteiger partial charge in [0.25, 0.3) is 5.91 Å². The summed E-state index contributed by atoms with van der Waals surface area (Å²) in [6.07, 6.45) is 0. The third-order valence-corrected chi connectivity index (χ3v) is 5.51. The summed E-state index contributed by atoms with van der Waals surface area (Å²) in [5, 5.41) is 2.95. The van der Waals surface area contributed by atoms with Crippen LogP contribution in [0.4, 0.5) is 17.1 Å². The van der Waals surface area contributed by atoms with Crippen LogP contribution in [-0.4, -0.2) is 66.0 Å². The van der Waals surface area contributed by atoms with Gasteiger partial charge in [-0.1, -0.05) is 12.1 Å². The number of carbonyl (C=O) groups excluding carboxylic acids is 2. The Morgan fingerprint density at radius 1 is 1.07 bits per heavy atom. The van der Waals surface area contributed by atoms with Crippen molar-refractivity contribution in [1.29, 1.82) is 0 Å². The Bertz CT molecular complexity index is 896. The third kappa shape index (κ3) is 3.13. The molecule has 2 aliphatic heterocycles. The van der Waals surface area contributed by atoms with Gasteiger partial charge in [0.2, 0.25) is 5.91 Å². The van der Waals surface area contributed by atoms with E-state index in [0.717, 1.165) is 31.9 Å². The average molecular weight is 367 g/mol. The number of hydrogen-bond acceptors (Lipinski definition) is 4. The molecule has 1 saturated heterocycles. The largest absolute Gasteiger partial charge is 0.342 e. The molecule has 3 heterocycles. The molecule has 7 nitrogen and oxygen atoms in total. The van der Waals surface area contributed by atoms with E-state index in [1.165, 1.54) is 0 Å². The number of benzene rings is 1. The Balaban J connectivity index is 1.74. The van der Waals surface area contributed by atoms with Gasteiger partial charge < -0.3 is 14.8 Å². The van der Waals surface area contributed by atoms with Gasteiger partial charge in [-0.3, -0.25) is 19.4 Å². The topological polar surface area (TPSA) is 60.8 Å². The summed E-state index contributed by atoms with van der Waals surface area (Å²) in [6, 6.07) is 9.39. The Labute approximate surface area is 159 Å².